The molecule has 9 heteroatoms. The molecule has 0 aliphatic carbocycles. The van der Waals surface area contributed by atoms with Crippen LogP contribution in [-0.2, 0) is 16.8 Å². The van der Waals surface area contributed by atoms with Gasteiger partial charge >= 0.3 is 0 Å². The maximum Gasteiger partial charge on any atom is 0.280 e. The molecule has 2 rings (SSSR count). The first-order chi connectivity index (χ1) is 10.1. The standard InChI is InChI=1S/C12H24N6O2S/c1-2-6-13-8-11-5-3-4-7-18(11)21(19,20)16-9-12-14-10-15-17-12/h10-11,13,16H,2-9H2,1H3,(H,14,15,17). The van der Waals surface area contributed by atoms with E-state index in [0.717, 1.165) is 32.2 Å². The summed E-state index contributed by atoms with van der Waals surface area (Å²) in [6.45, 7) is 4.42. The Morgan fingerprint density at radius 2 is 2.33 bits per heavy atom. The van der Waals surface area contributed by atoms with Gasteiger partial charge in [0, 0.05) is 19.1 Å². The monoisotopic (exact) mass is 316 g/mol. The highest BCUT2D eigenvalue weighted by atomic mass is 32.2. The smallest absolute Gasteiger partial charge is 0.280 e. The minimum Gasteiger partial charge on any atom is -0.315 e. The minimum absolute atomic E-state index is 0.0255. The number of hydrogen-bond acceptors (Lipinski definition) is 5. The first kappa shape index (κ1) is 16.3. The van der Waals surface area contributed by atoms with Crippen LogP contribution in [0.25, 0.3) is 0 Å². The number of piperidine rings is 1. The number of rotatable bonds is 8. The molecule has 1 saturated heterocycles. The van der Waals surface area contributed by atoms with Crippen LogP contribution in [0.5, 0.6) is 0 Å². The van der Waals surface area contributed by atoms with Gasteiger partial charge in [0.2, 0.25) is 0 Å². The summed E-state index contributed by atoms with van der Waals surface area (Å²) in [6, 6.07) is 0.0255. The van der Waals surface area contributed by atoms with Crippen LogP contribution in [0.1, 0.15) is 38.4 Å². The van der Waals surface area contributed by atoms with Crippen molar-refractivity contribution in [1.29, 1.82) is 0 Å². The normalized spacial score (nSPS) is 20.7. The molecule has 3 N–H and O–H groups in total. The molecule has 1 aliphatic heterocycles. The summed E-state index contributed by atoms with van der Waals surface area (Å²) in [5, 5.41) is 9.67. The molecular weight excluding hydrogens is 292 g/mol. The molecule has 1 aliphatic rings. The summed E-state index contributed by atoms with van der Waals surface area (Å²) in [6.07, 6.45) is 5.30. The Hall–Kier alpha value is -1.03. The van der Waals surface area contributed by atoms with Crippen LogP contribution < -0.4 is 10.0 Å². The van der Waals surface area contributed by atoms with Crippen molar-refractivity contribution in [2.75, 3.05) is 19.6 Å². The van der Waals surface area contributed by atoms with Gasteiger partial charge < -0.3 is 5.32 Å². The summed E-state index contributed by atoms with van der Waals surface area (Å²) >= 11 is 0. The zero-order valence-corrected chi connectivity index (χ0v) is 13.2. The first-order valence-corrected chi connectivity index (χ1v) is 8.89. The van der Waals surface area contributed by atoms with Gasteiger partial charge in [-0.1, -0.05) is 13.3 Å². The second-order valence-corrected chi connectivity index (χ2v) is 6.93. The Balaban J connectivity index is 1.94. The Bertz CT molecular complexity index is 504. The maximum atomic E-state index is 12.4. The predicted octanol–water partition coefficient (Wildman–Crippen LogP) is -0.00680. The van der Waals surface area contributed by atoms with E-state index in [-0.39, 0.29) is 12.6 Å². The molecule has 1 aromatic rings. The van der Waals surface area contributed by atoms with Crippen molar-refractivity contribution in [2.45, 2.75) is 45.2 Å². The highest BCUT2D eigenvalue weighted by Gasteiger charge is 2.31. The number of hydrogen-bond donors (Lipinski definition) is 3. The lowest BCUT2D eigenvalue weighted by Gasteiger charge is -2.34. The van der Waals surface area contributed by atoms with E-state index < -0.39 is 10.2 Å². The van der Waals surface area contributed by atoms with Crippen LogP contribution in [-0.4, -0.2) is 53.6 Å². The van der Waals surface area contributed by atoms with Crippen LogP contribution in [0.15, 0.2) is 6.33 Å². The molecular formula is C12H24N6O2S. The fraction of sp³-hybridized carbons (Fsp3) is 0.833. The van der Waals surface area contributed by atoms with Crippen molar-refractivity contribution in [3.63, 3.8) is 0 Å². The van der Waals surface area contributed by atoms with Crippen LogP contribution in [0.2, 0.25) is 0 Å². The molecule has 1 unspecified atom stereocenters. The van der Waals surface area contributed by atoms with Crippen LogP contribution in [0.3, 0.4) is 0 Å². The van der Waals surface area contributed by atoms with Gasteiger partial charge in [-0.15, -0.1) is 0 Å². The molecule has 0 spiro atoms. The Morgan fingerprint density at radius 3 is 3.05 bits per heavy atom. The third-order valence-corrected chi connectivity index (χ3v) is 5.18. The Labute approximate surface area is 125 Å². The summed E-state index contributed by atoms with van der Waals surface area (Å²) < 4.78 is 29.1. The number of aromatic amines is 1. The summed E-state index contributed by atoms with van der Waals surface area (Å²) in [5.41, 5.74) is 0. The number of H-pyrrole nitrogens is 1. The van der Waals surface area contributed by atoms with E-state index in [9.17, 15) is 8.42 Å². The van der Waals surface area contributed by atoms with E-state index in [2.05, 4.69) is 32.1 Å². The van der Waals surface area contributed by atoms with E-state index in [1.165, 1.54) is 6.33 Å². The van der Waals surface area contributed by atoms with Gasteiger partial charge in [0.15, 0.2) is 0 Å². The molecule has 0 radical (unpaired) electrons. The molecule has 1 aromatic heterocycles. The predicted molar refractivity (Wildman–Crippen MR) is 79.6 cm³/mol. The van der Waals surface area contributed by atoms with Crippen LogP contribution >= 0.6 is 0 Å². The highest BCUT2D eigenvalue weighted by Crippen LogP contribution is 2.19. The lowest BCUT2D eigenvalue weighted by atomic mass is 10.1. The zero-order valence-electron chi connectivity index (χ0n) is 12.4. The summed E-state index contributed by atoms with van der Waals surface area (Å²) in [4.78, 5) is 3.92. The van der Waals surface area contributed by atoms with Gasteiger partial charge in [-0.3, -0.25) is 5.10 Å². The number of nitrogens with one attached hydrogen (secondary N) is 3. The first-order valence-electron chi connectivity index (χ1n) is 7.45. The third-order valence-electron chi connectivity index (χ3n) is 3.58. The lowest BCUT2D eigenvalue weighted by molar-refractivity contribution is 0.243. The van der Waals surface area contributed by atoms with E-state index >= 15 is 0 Å². The fourth-order valence-electron chi connectivity index (χ4n) is 2.50. The van der Waals surface area contributed by atoms with Crippen molar-refractivity contribution in [1.82, 2.24) is 29.5 Å². The minimum atomic E-state index is -3.49. The molecule has 21 heavy (non-hydrogen) atoms. The third kappa shape index (κ3) is 4.73. The van der Waals surface area contributed by atoms with E-state index in [1.54, 1.807) is 4.31 Å². The number of aromatic nitrogens is 3. The Morgan fingerprint density at radius 1 is 1.48 bits per heavy atom. The van der Waals surface area contributed by atoms with Crippen molar-refractivity contribution in [3.05, 3.63) is 12.2 Å². The molecule has 0 aromatic carbocycles. The van der Waals surface area contributed by atoms with Gasteiger partial charge in [0.1, 0.15) is 12.2 Å². The molecule has 1 fully saturated rings. The highest BCUT2D eigenvalue weighted by molar-refractivity contribution is 7.87. The zero-order chi connectivity index (χ0) is 15.1. The van der Waals surface area contributed by atoms with Crippen LogP contribution in [0, 0.1) is 0 Å². The van der Waals surface area contributed by atoms with E-state index in [1.807, 2.05) is 0 Å². The second kappa shape index (κ2) is 7.83. The molecule has 8 nitrogen and oxygen atoms in total. The molecule has 120 valence electrons. The van der Waals surface area contributed by atoms with Crippen molar-refractivity contribution < 1.29 is 8.42 Å². The van der Waals surface area contributed by atoms with Crippen LogP contribution in [0.4, 0.5) is 0 Å². The topological polar surface area (TPSA) is 103 Å². The largest absolute Gasteiger partial charge is 0.315 e. The summed E-state index contributed by atoms with van der Waals surface area (Å²) in [5.74, 6) is 0.510. The average molecular weight is 316 g/mol. The van der Waals surface area contributed by atoms with Gasteiger partial charge in [0.05, 0.1) is 6.54 Å². The molecule has 2 heterocycles. The fourth-order valence-corrected chi connectivity index (χ4v) is 3.93. The maximum absolute atomic E-state index is 12.4. The van der Waals surface area contributed by atoms with Crippen molar-refractivity contribution in [3.8, 4) is 0 Å². The molecule has 0 saturated carbocycles. The molecule has 0 bridgehead atoms. The van der Waals surface area contributed by atoms with E-state index in [4.69, 9.17) is 0 Å². The van der Waals surface area contributed by atoms with Gasteiger partial charge in [-0.2, -0.15) is 22.5 Å². The van der Waals surface area contributed by atoms with Crippen molar-refractivity contribution in [2.24, 2.45) is 0 Å². The summed E-state index contributed by atoms with van der Waals surface area (Å²) in [7, 11) is -3.49. The molecule has 1 atom stereocenters. The quantitative estimate of drug-likeness (QED) is 0.586. The SMILES string of the molecule is CCCNCC1CCCCN1S(=O)(=O)NCc1ncn[nH]1. The van der Waals surface area contributed by atoms with E-state index in [0.29, 0.717) is 18.9 Å². The van der Waals surface area contributed by atoms with Gasteiger partial charge in [0.25, 0.3) is 10.2 Å². The average Bonchev–Trinajstić information content (AvgIpc) is 2.99. The number of nitrogens with zero attached hydrogens (tertiary/aromatic N) is 3. The van der Waals surface area contributed by atoms with Gasteiger partial charge in [-0.25, -0.2) is 4.98 Å². The molecule has 0 amide bonds. The Kier molecular flexibility index (Phi) is 6.09. The lowest BCUT2D eigenvalue weighted by Crippen LogP contribution is -2.52. The second-order valence-electron chi connectivity index (χ2n) is 5.22. The van der Waals surface area contributed by atoms with Crippen molar-refractivity contribution >= 4 is 10.2 Å². The van der Waals surface area contributed by atoms with Gasteiger partial charge in [-0.05, 0) is 25.8 Å².